The summed E-state index contributed by atoms with van der Waals surface area (Å²) in [5, 5.41) is 0. The Morgan fingerprint density at radius 3 is 2.21 bits per heavy atom. The molecule has 2 aromatic rings. The van der Waals surface area contributed by atoms with Gasteiger partial charge >= 0.3 is 0 Å². The summed E-state index contributed by atoms with van der Waals surface area (Å²) in [5.74, 6) is 0.700. The van der Waals surface area contributed by atoms with Gasteiger partial charge in [0.2, 0.25) is 0 Å². The van der Waals surface area contributed by atoms with Crippen LogP contribution < -0.4 is 9.80 Å². The number of amides is 1. The monoisotopic (exact) mass is 383 g/mol. The van der Waals surface area contributed by atoms with Crippen LogP contribution in [0.3, 0.4) is 0 Å². The Labute approximate surface area is 165 Å². The van der Waals surface area contributed by atoms with Crippen molar-refractivity contribution in [1.82, 2.24) is 14.8 Å². The number of nitrogens with zero attached hydrogens (tertiary/aromatic N) is 5. The SMILES string of the molecule is CN1CCN(c2ccc(C(=O)N3CCN(c4ccccc4F)CC3)cn2)CC1. The first kappa shape index (κ1) is 18.7. The molecule has 6 nitrogen and oxygen atoms in total. The number of piperazine rings is 2. The fourth-order valence-electron chi connectivity index (χ4n) is 3.78. The molecule has 0 bridgehead atoms. The van der Waals surface area contributed by atoms with E-state index < -0.39 is 0 Å². The van der Waals surface area contributed by atoms with Crippen LogP contribution in [0.5, 0.6) is 0 Å². The van der Waals surface area contributed by atoms with Crippen molar-refractivity contribution >= 4 is 17.4 Å². The van der Waals surface area contributed by atoms with Crippen LogP contribution >= 0.6 is 0 Å². The molecular formula is C21H26FN5O. The van der Waals surface area contributed by atoms with Crippen LogP contribution in [0.1, 0.15) is 10.4 Å². The zero-order chi connectivity index (χ0) is 19.5. The summed E-state index contributed by atoms with van der Waals surface area (Å²) >= 11 is 0. The number of carbonyl (C=O) groups is 1. The van der Waals surface area contributed by atoms with Gasteiger partial charge < -0.3 is 19.6 Å². The molecule has 4 rings (SSSR count). The average Bonchev–Trinajstić information content (AvgIpc) is 2.74. The van der Waals surface area contributed by atoms with Crippen LogP contribution in [0, 0.1) is 5.82 Å². The third kappa shape index (κ3) is 3.94. The van der Waals surface area contributed by atoms with Gasteiger partial charge in [-0.2, -0.15) is 0 Å². The zero-order valence-corrected chi connectivity index (χ0v) is 16.2. The Balaban J connectivity index is 1.36. The maximum atomic E-state index is 14.0. The third-order valence-electron chi connectivity index (χ3n) is 5.58. The highest BCUT2D eigenvalue weighted by Gasteiger charge is 2.24. The van der Waals surface area contributed by atoms with E-state index in [1.165, 1.54) is 6.07 Å². The number of carbonyl (C=O) groups excluding carboxylic acids is 1. The van der Waals surface area contributed by atoms with Gasteiger partial charge in [-0.1, -0.05) is 12.1 Å². The molecular weight excluding hydrogens is 357 g/mol. The number of hydrogen-bond acceptors (Lipinski definition) is 5. The van der Waals surface area contributed by atoms with Crippen molar-refractivity contribution < 1.29 is 9.18 Å². The second kappa shape index (κ2) is 8.14. The first-order valence-corrected chi connectivity index (χ1v) is 9.80. The Bertz CT molecular complexity index is 812. The van der Waals surface area contributed by atoms with Gasteiger partial charge in [-0.25, -0.2) is 9.37 Å². The summed E-state index contributed by atoms with van der Waals surface area (Å²) in [4.78, 5) is 25.7. The molecule has 2 fully saturated rings. The summed E-state index contributed by atoms with van der Waals surface area (Å²) in [7, 11) is 2.12. The number of halogens is 1. The lowest BCUT2D eigenvalue weighted by molar-refractivity contribution is 0.0746. The molecule has 2 saturated heterocycles. The first-order chi connectivity index (χ1) is 13.6. The van der Waals surface area contributed by atoms with E-state index in [0.29, 0.717) is 37.4 Å². The van der Waals surface area contributed by atoms with Crippen LogP contribution in [-0.2, 0) is 0 Å². The van der Waals surface area contributed by atoms with Crippen LogP contribution in [0.15, 0.2) is 42.6 Å². The molecule has 148 valence electrons. The lowest BCUT2D eigenvalue weighted by Gasteiger charge is -2.36. The van der Waals surface area contributed by atoms with E-state index in [0.717, 1.165) is 32.0 Å². The molecule has 0 saturated carbocycles. The minimum atomic E-state index is -0.217. The van der Waals surface area contributed by atoms with Gasteiger partial charge in [0.1, 0.15) is 11.6 Å². The number of anilines is 2. The van der Waals surface area contributed by atoms with Crippen LogP contribution in [0.2, 0.25) is 0 Å². The molecule has 0 N–H and O–H groups in total. The van der Waals surface area contributed by atoms with E-state index in [1.54, 1.807) is 18.3 Å². The summed E-state index contributed by atoms with van der Waals surface area (Å²) in [6.45, 7) is 6.35. The predicted octanol–water partition coefficient (Wildman–Crippen LogP) is 1.93. The van der Waals surface area contributed by atoms with Crippen LogP contribution in [0.25, 0.3) is 0 Å². The second-order valence-electron chi connectivity index (χ2n) is 7.43. The van der Waals surface area contributed by atoms with E-state index >= 15 is 0 Å². The zero-order valence-electron chi connectivity index (χ0n) is 16.2. The fraction of sp³-hybridized carbons (Fsp3) is 0.429. The van der Waals surface area contributed by atoms with Crippen molar-refractivity contribution in [1.29, 1.82) is 0 Å². The van der Waals surface area contributed by atoms with Crippen LogP contribution in [-0.4, -0.2) is 80.1 Å². The molecule has 0 unspecified atom stereocenters. The molecule has 2 aliphatic heterocycles. The molecule has 0 aliphatic carbocycles. The van der Waals surface area contributed by atoms with Gasteiger partial charge in [0.05, 0.1) is 11.3 Å². The Morgan fingerprint density at radius 2 is 1.57 bits per heavy atom. The lowest BCUT2D eigenvalue weighted by atomic mass is 10.2. The van der Waals surface area contributed by atoms with Gasteiger partial charge in [0.15, 0.2) is 0 Å². The highest BCUT2D eigenvalue weighted by molar-refractivity contribution is 5.94. The molecule has 7 heteroatoms. The van der Waals surface area contributed by atoms with Crippen molar-refractivity contribution in [2.24, 2.45) is 0 Å². The molecule has 1 amide bonds. The van der Waals surface area contributed by atoms with Gasteiger partial charge in [0, 0.05) is 58.6 Å². The van der Waals surface area contributed by atoms with Gasteiger partial charge in [-0.3, -0.25) is 4.79 Å². The molecule has 0 atom stereocenters. The molecule has 0 radical (unpaired) electrons. The van der Waals surface area contributed by atoms with E-state index in [2.05, 4.69) is 21.8 Å². The lowest BCUT2D eigenvalue weighted by Crippen LogP contribution is -2.49. The first-order valence-electron chi connectivity index (χ1n) is 9.80. The summed E-state index contributed by atoms with van der Waals surface area (Å²) in [6.07, 6.45) is 1.68. The molecule has 0 spiro atoms. The van der Waals surface area contributed by atoms with Gasteiger partial charge in [-0.05, 0) is 31.3 Å². The number of rotatable bonds is 3. The second-order valence-corrected chi connectivity index (χ2v) is 7.43. The molecule has 28 heavy (non-hydrogen) atoms. The molecule has 3 heterocycles. The molecule has 2 aliphatic rings. The summed E-state index contributed by atoms with van der Waals surface area (Å²) in [5.41, 5.74) is 1.21. The summed E-state index contributed by atoms with van der Waals surface area (Å²) < 4.78 is 14.0. The van der Waals surface area contributed by atoms with Crippen molar-refractivity contribution in [2.75, 3.05) is 69.2 Å². The number of para-hydroxylation sites is 1. The number of hydrogen-bond donors (Lipinski definition) is 0. The van der Waals surface area contributed by atoms with E-state index in [4.69, 9.17) is 0 Å². The molecule has 1 aromatic heterocycles. The van der Waals surface area contributed by atoms with Gasteiger partial charge in [-0.15, -0.1) is 0 Å². The van der Waals surface area contributed by atoms with Gasteiger partial charge in [0.25, 0.3) is 5.91 Å². The minimum Gasteiger partial charge on any atom is -0.366 e. The minimum absolute atomic E-state index is 0.00869. The molecule has 1 aromatic carbocycles. The number of likely N-dealkylation sites (N-methyl/N-ethyl adjacent to an activating group) is 1. The number of benzene rings is 1. The maximum absolute atomic E-state index is 14.0. The fourth-order valence-corrected chi connectivity index (χ4v) is 3.78. The Morgan fingerprint density at radius 1 is 0.893 bits per heavy atom. The average molecular weight is 383 g/mol. The number of aromatic nitrogens is 1. The third-order valence-corrected chi connectivity index (χ3v) is 5.58. The Kier molecular flexibility index (Phi) is 5.43. The predicted molar refractivity (Wildman–Crippen MR) is 108 cm³/mol. The standard InChI is InChI=1S/C21H26FN5O/c1-24-8-10-26(11-9-24)20-7-6-17(16-23-20)21(28)27-14-12-25(13-15-27)19-5-3-2-4-18(19)22/h2-7,16H,8-15H2,1H3. The van der Waals surface area contributed by atoms with Crippen LogP contribution in [0.4, 0.5) is 15.9 Å². The van der Waals surface area contributed by atoms with Crippen molar-refractivity contribution in [3.8, 4) is 0 Å². The Hall–Kier alpha value is -2.67. The van der Waals surface area contributed by atoms with Crippen molar-refractivity contribution in [2.45, 2.75) is 0 Å². The maximum Gasteiger partial charge on any atom is 0.255 e. The smallest absolute Gasteiger partial charge is 0.255 e. The highest BCUT2D eigenvalue weighted by atomic mass is 19.1. The van der Waals surface area contributed by atoms with Crippen molar-refractivity contribution in [3.05, 3.63) is 54.0 Å². The van der Waals surface area contributed by atoms with E-state index in [9.17, 15) is 9.18 Å². The number of pyridine rings is 1. The quantitative estimate of drug-likeness (QED) is 0.810. The van der Waals surface area contributed by atoms with Crippen molar-refractivity contribution in [3.63, 3.8) is 0 Å². The van der Waals surface area contributed by atoms with E-state index in [-0.39, 0.29) is 11.7 Å². The van der Waals surface area contributed by atoms with E-state index in [1.807, 2.05) is 28.0 Å². The highest BCUT2D eigenvalue weighted by Crippen LogP contribution is 2.21. The topological polar surface area (TPSA) is 42.9 Å². The largest absolute Gasteiger partial charge is 0.366 e. The normalized spacial score (nSPS) is 18.4. The summed E-state index contributed by atoms with van der Waals surface area (Å²) in [6, 6.07) is 10.6.